The Morgan fingerprint density at radius 1 is 1.18 bits per heavy atom. The van der Waals surface area contributed by atoms with E-state index in [1.807, 2.05) is 0 Å². The second kappa shape index (κ2) is 5.50. The lowest BCUT2D eigenvalue weighted by atomic mass is 10.1. The Hall–Kier alpha value is -1.09. The standard InChI is InChI=1S/C14H20FNO/c1-11(17)13-10-12(15)6-7-14(13)16-8-4-2-3-5-9-16/h6-7,10-11,17H,2-5,8-9H2,1H3/t11-/m1/s1. The van der Waals surface area contributed by atoms with Gasteiger partial charge in [0, 0.05) is 24.3 Å². The average molecular weight is 237 g/mol. The van der Waals surface area contributed by atoms with E-state index in [1.54, 1.807) is 13.0 Å². The van der Waals surface area contributed by atoms with E-state index in [4.69, 9.17) is 0 Å². The van der Waals surface area contributed by atoms with Crippen LogP contribution in [-0.2, 0) is 0 Å². The number of hydrogen-bond donors (Lipinski definition) is 1. The summed E-state index contributed by atoms with van der Waals surface area (Å²) in [7, 11) is 0. The van der Waals surface area contributed by atoms with Crippen LogP contribution in [0, 0.1) is 5.82 Å². The molecule has 0 aliphatic carbocycles. The van der Waals surface area contributed by atoms with Crippen LogP contribution in [-0.4, -0.2) is 18.2 Å². The van der Waals surface area contributed by atoms with Crippen molar-refractivity contribution in [2.45, 2.75) is 38.7 Å². The number of aliphatic hydroxyl groups is 1. The number of rotatable bonds is 2. The van der Waals surface area contributed by atoms with Crippen molar-refractivity contribution >= 4 is 5.69 Å². The third kappa shape index (κ3) is 2.97. The topological polar surface area (TPSA) is 23.5 Å². The highest BCUT2D eigenvalue weighted by Gasteiger charge is 2.16. The first-order chi connectivity index (χ1) is 8.18. The molecule has 0 unspecified atom stereocenters. The molecule has 2 nitrogen and oxygen atoms in total. The van der Waals surface area contributed by atoms with Gasteiger partial charge in [-0.15, -0.1) is 0 Å². The lowest BCUT2D eigenvalue weighted by Crippen LogP contribution is -2.25. The Labute approximate surface area is 102 Å². The van der Waals surface area contributed by atoms with Gasteiger partial charge < -0.3 is 10.0 Å². The van der Waals surface area contributed by atoms with Gasteiger partial charge in [0.05, 0.1) is 6.10 Å². The zero-order valence-electron chi connectivity index (χ0n) is 10.3. The summed E-state index contributed by atoms with van der Waals surface area (Å²) in [5, 5.41) is 9.74. The minimum atomic E-state index is -0.621. The Morgan fingerprint density at radius 3 is 2.41 bits per heavy atom. The van der Waals surface area contributed by atoms with Crippen molar-refractivity contribution in [2.75, 3.05) is 18.0 Å². The lowest BCUT2D eigenvalue weighted by molar-refractivity contribution is 0.199. The van der Waals surface area contributed by atoms with Crippen LogP contribution >= 0.6 is 0 Å². The van der Waals surface area contributed by atoms with Crippen LogP contribution < -0.4 is 4.90 Å². The van der Waals surface area contributed by atoms with Gasteiger partial charge in [-0.25, -0.2) is 4.39 Å². The number of halogens is 1. The Bertz CT molecular complexity index is 370. The molecule has 17 heavy (non-hydrogen) atoms. The van der Waals surface area contributed by atoms with Gasteiger partial charge in [0.15, 0.2) is 0 Å². The van der Waals surface area contributed by atoms with Crippen molar-refractivity contribution in [2.24, 2.45) is 0 Å². The van der Waals surface area contributed by atoms with Crippen molar-refractivity contribution in [3.05, 3.63) is 29.6 Å². The van der Waals surface area contributed by atoms with E-state index in [0.717, 1.165) is 18.8 Å². The van der Waals surface area contributed by atoms with Gasteiger partial charge in [-0.3, -0.25) is 0 Å². The molecule has 1 aromatic rings. The average Bonchev–Trinajstić information content (AvgIpc) is 2.57. The molecule has 1 atom stereocenters. The fourth-order valence-corrected chi connectivity index (χ4v) is 2.46. The van der Waals surface area contributed by atoms with Gasteiger partial charge in [-0.2, -0.15) is 0 Å². The predicted molar refractivity (Wildman–Crippen MR) is 67.7 cm³/mol. The Kier molecular flexibility index (Phi) is 4.00. The number of hydrogen-bond acceptors (Lipinski definition) is 2. The van der Waals surface area contributed by atoms with Crippen LogP contribution in [0.15, 0.2) is 18.2 Å². The molecule has 1 heterocycles. The van der Waals surface area contributed by atoms with Crippen molar-refractivity contribution in [3.8, 4) is 0 Å². The molecule has 1 aliphatic rings. The van der Waals surface area contributed by atoms with Crippen molar-refractivity contribution in [3.63, 3.8) is 0 Å². The summed E-state index contributed by atoms with van der Waals surface area (Å²) < 4.78 is 13.2. The zero-order valence-corrected chi connectivity index (χ0v) is 10.3. The maximum atomic E-state index is 13.2. The second-order valence-electron chi connectivity index (χ2n) is 4.78. The lowest BCUT2D eigenvalue weighted by Gasteiger charge is -2.26. The third-order valence-corrected chi connectivity index (χ3v) is 3.39. The van der Waals surface area contributed by atoms with E-state index in [0.29, 0.717) is 5.56 Å². The number of aliphatic hydroxyl groups excluding tert-OH is 1. The fraction of sp³-hybridized carbons (Fsp3) is 0.571. The van der Waals surface area contributed by atoms with Crippen molar-refractivity contribution < 1.29 is 9.50 Å². The summed E-state index contributed by atoms with van der Waals surface area (Å²) in [6, 6.07) is 4.72. The maximum Gasteiger partial charge on any atom is 0.123 e. The minimum Gasteiger partial charge on any atom is -0.389 e. The van der Waals surface area contributed by atoms with Crippen LogP contribution in [0.3, 0.4) is 0 Å². The summed E-state index contributed by atoms with van der Waals surface area (Å²) in [6.07, 6.45) is 4.26. The molecule has 1 fully saturated rings. The van der Waals surface area contributed by atoms with E-state index in [1.165, 1.54) is 37.8 Å². The van der Waals surface area contributed by atoms with Gasteiger partial charge in [0.25, 0.3) is 0 Å². The van der Waals surface area contributed by atoms with E-state index >= 15 is 0 Å². The summed E-state index contributed by atoms with van der Waals surface area (Å²) in [5.41, 5.74) is 1.69. The smallest absolute Gasteiger partial charge is 0.123 e. The monoisotopic (exact) mass is 237 g/mol. The van der Waals surface area contributed by atoms with Crippen LogP contribution in [0.5, 0.6) is 0 Å². The first kappa shape index (κ1) is 12.4. The SMILES string of the molecule is C[C@@H](O)c1cc(F)ccc1N1CCCCCC1. The molecule has 0 radical (unpaired) electrons. The van der Waals surface area contributed by atoms with Gasteiger partial charge in [-0.1, -0.05) is 12.8 Å². The van der Waals surface area contributed by atoms with E-state index < -0.39 is 6.10 Å². The van der Waals surface area contributed by atoms with E-state index in [9.17, 15) is 9.50 Å². The first-order valence-corrected chi connectivity index (χ1v) is 6.41. The molecule has 0 amide bonds. The Balaban J connectivity index is 2.29. The second-order valence-corrected chi connectivity index (χ2v) is 4.78. The first-order valence-electron chi connectivity index (χ1n) is 6.41. The minimum absolute atomic E-state index is 0.278. The van der Waals surface area contributed by atoms with Crippen LogP contribution in [0.4, 0.5) is 10.1 Å². The molecule has 0 saturated carbocycles. The summed E-state index contributed by atoms with van der Waals surface area (Å²) >= 11 is 0. The molecule has 1 saturated heterocycles. The van der Waals surface area contributed by atoms with Gasteiger partial charge in [0.2, 0.25) is 0 Å². The maximum absolute atomic E-state index is 13.2. The fourth-order valence-electron chi connectivity index (χ4n) is 2.46. The van der Waals surface area contributed by atoms with Crippen LogP contribution in [0.2, 0.25) is 0 Å². The highest BCUT2D eigenvalue weighted by Crippen LogP contribution is 2.29. The molecule has 0 aromatic heterocycles. The largest absolute Gasteiger partial charge is 0.389 e. The van der Waals surface area contributed by atoms with Crippen LogP contribution in [0.1, 0.15) is 44.3 Å². The molecule has 1 N–H and O–H groups in total. The number of nitrogens with zero attached hydrogens (tertiary/aromatic N) is 1. The van der Waals surface area contributed by atoms with Crippen LogP contribution in [0.25, 0.3) is 0 Å². The molecule has 0 spiro atoms. The summed E-state index contributed by atoms with van der Waals surface area (Å²) in [5.74, 6) is -0.278. The summed E-state index contributed by atoms with van der Waals surface area (Å²) in [6.45, 7) is 3.70. The quantitative estimate of drug-likeness (QED) is 0.853. The van der Waals surface area contributed by atoms with E-state index in [-0.39, 0.29) is 5.82 Å². The number of benzene rings is 1. The molecule has 3 heteroatoms. The zero-order chi connectivity index (χ0) is 12.3. The molecule has 0 bridgehead atoms. The van der Waals surface area contributed by atoms with E-state index in [2.05, 4.69) is 4.90 Å². The molecule has 1 aliphatic heterocycles. The number of anilines is 1. The van der Waals surface area contributed by atoms with Crippen molar-refractivity contribution in [1.82, 2.24) is 0 Å². The highest BCUT2D eigenvalue weighted by molar-refractivity contribution is 5.54. The molecule has 2 rings (SSSR count). The predicted octanol–water partition coefficient (Wildman–Crippen LogP) is 3.26. The molecule has 94 valence electrons. The van der Waals surface area contributed by atoms with Gasteiger partial charge in [-0.05, 0) is 38.0 Å². The normalized spacial score (nSPS) is 18.9. The highest BCUT2D eigenvalue weighted by atomic mass is 19.1. The molecular formula is C14H20FNO. The third-order valence-electron chi connectivity index (χ3n) is 3.39. The van der Waals surface area contributed by atoms with Gasteiger partial charge in [0.1, 0.15) is 5.82 Å². The summed E-state index contributed by atoms with van der Waals surface area (Å²) in [4.78, 5) is 2.27. The molecule has 1 aromatic carbocycles. The van der Waals surface area contributed by atoms with Crippen molar-refractivity contribution in [1.29, 1.82) is 0 Å². The molecular weight excluding hydrogens is 217 g/mol. The van der Waals surface area contributed by atoms with Gasteiger partial charge >= 0.3 is 0 Å². The Morgan fingerprint density at radius 2 is 1.82 bits per heavy atom.